The van der Waals surface area contributed by atoms with Gasteiger partial charge in [-0.1, -0.05) is 0 Å². The molecule has 8 heteroatoms. The Hall–Kier alpha value is -1.67. The Morgan fingerprint density at radius 3 is 2.61 bits per heavy atom. The molecule has 1 atom stereocenters. The van der Waals surface area contributed by atoms with Gasteiger partial charge in [0.05, 0.1) is 24.1 Å². The molecule has 102 valence electrons. The smallest absolute Gasteiger partial charge is 0.387 e. The summed E-state index contributed by atoms with van der Waals surface area (Å²) in [6, 6.07) is 1.78. The molecule has 1 rings (SSSR count). The van der Waals surface area contributed by atoms with Crippen molar-refractivity contribution < 1.29 is 28.1 Å². The van der Waals surface area contributed by atoms with E-state index >= 15 is 0 Å². The van der Waals surface area contributed by atoms with Crippen LogP contribution in [-0.2, 0) is 0 Å². The van der Waals surface area contributed by atoms with E-state index < -0.39 is 30.9 Å². The molecule has 0 saturated carbocycles. The first kappa shape index (κ1) is 14.4. The lowest BCUT2D eigenvalue weighted by Gasteiger charge is -2.14. The molecular formula is C10H13F3N2O3. The van der Waals surface area contributed by atoms with E-state index in [9.17, 15) is 13.2 Å². The first-order valence-corrected chi connectivity index (χ1v) is 5.00. The van der Waals surface area contributed by atoms with E-state index in [0.717, 1.165) is 12.1 Å². The summed E-state index contributed by atoms with van der Waals surface area (Å²) in [5, 5.41) is 20.3. The monoisotopic (exact) mass is 266 g/mol. The summed E-state index contributed by atoms with van der Waals surface area (Å²) in [6.07, 6.45) is -1.05. The lowest BCUT2D eigenvalue weighted by Crippen LogP contribution is -2.23. The van der Waals surface area contributed by atoms with Crippen molar-refractivity contribution in [1.82, 2.24) is 0 Å². The van der Waals surface area contributed by atoms with Crippen LogP contribution in [-0.4, -0.2) is 36.1 Å². The molecule has 0 radical (unpaired) electrons. The predicted octanol–water partition coefficient (Wildman–Crippen LogP) is 0.774. The third-order valence-electron chi connectivity index (χ3n) is 2.06. The highest BCUT2D eigenvalue weighted by molar-refractivity contribution is 5.68. The van der Waals surface area contributed by atoms with Crippen molar-refractivity contribution in [3.63, 3.8) is 0 Å². The van der Waals surface area contributed by atoms with E-state index in [4.69, 9.17) is 15.9 Å². The van der Waals surface area contributed by atoms with Crippen molar-refractivity contribution in [2.24, 2.45) is 0 Å². The van der Waals surface area contributed by atoms with Crippen molar-refractivity contribution in [3.05, 3.63) is 17.9 Å². The topological polar surface area (TPSA) is 87.7 Å². The number of nitrogen functional groups attached to an aromatic ring is 1. The number of nitrogens with one attached hydrogen (secondary N) is 1. The lowest BCUT2D eigenvalue weighted by atomic mass is 10.2. The molecule has 0 aliphatic heterocycles. The third-order valence-corrected chi connectivity index (χ3v) is 2.06. The highest BCUT2D eigenvalue weighted by atomic mass is 19.3. The summed E-state index contributed by atoms with van der Waals surface area (Å²) < 4.78 is 41.1. The van der Waals surface area contributed by atoms with Crippen LogP contribution in [0, 0.1) is 5.82 Å². The molecular weight excluding hydrogens is 253 g/mol. The quantitative estimate of drug-likeness (QED) is 0.571. The van der Waals surface area contributed by atoms with Gasteiger partial charge in [0.2, 0.25) is 0 Å². The van der Waals surface area contributed by atoms with Crippen LogP contribution in [0.2, 0.25) is 0 Å². The summed E-state index contributed by atoms with van der Waals surface area (Å²) >= 11 is 0. The van der Waals surface area contributed by atoms with E-state index in [1.165, 1.54) is 0 Å². The Bertz CT molecular complexity index is 404. The zero-order chi connectivity index (χ0) is 13.7. The molecule has 0 amide bonds. The van der Waals surface area contributed by atoms with Crippen LogP contribution < -0.4 is 15.8 Å². The number of anilines is 2. The second kappa shape index (κ2) is 6.31. The zero-order valence-corrected chi connectivity index (χ0v) is 9.24. The zero-order valence-electron chi connectivity index (χ0n) is 9.24. The fraction of sp³-hybridized carbons (Fsp3) is 0.400. The molecule has 1 unspecified atom stereocenters. The Kier molecular flexibility index (Phi) is 5.05. The maximum atomic E-state index is 13.2. The standard InChI is InChI=1S/C10H13F3N2O3/c11-6-1-7(14)8(15-3-5(17)4-16)2-9(6)18-10(12)13/h1-2,5,10,15-17H,3-4,14H2. The van der Waals surface area contributed by atoms with Crippen molar-refractivity contribution in [1.29, 1.82) is 0 Å². The van der Waals surface area contributed by atoms with Gasteiger partial charge in [-0.3, -0.25) is 0 Å². The van der Waals surface area contributed by atoms with Crippen LogP contribution >= 0.6 is 0 Å². The SMILES string of the molecule is Nc1cc(F)c(OC(F)F)cc1NCC(O)CO. The Labute approximate surface area is 101 Å². The Morgan fingerprint density at radius 1 is 1.39 bits per heavy atom. The number of aliphatic hydroxyl groups excluding tert-OH is 2. The second-order valence-corrected chi connectivity index (χ2v) is 3.47. The minimum absolute atomic E-state index is 0.0285. The fourth-order valence-corrected chi connectivity index (χ4v) is 1.20. The molecule has 1 aromatic carbocycles. The Balaban J connectivity index is 2.84. The highest BCUT2D eigenvalue weighted by Gasteiger charge is 2.13. The molecule has 0 fully saturated rings. The van der Waals surface area contributed by atoms with Gasteiger partial charge in [0.15, 0.2) is 11.6 Å². The average molecular weight is 266 g/mol. The van der Waals surface area contributed by atoms with Gasteiger partial charge >= 0.3 is 6.61 Å². The molecule has 0 spiro atoms. The molecule has 0 saturated heterocycles. The summed E-state index contributed by atoms with van der Waals surface area (Å²) in [5.41, 5.74) is 5.56. The number of hydrogen-bond donors (Lipinski definition) is 4. The van der Waals surface area contributed by atoms with Gasteiger partial charge in [-0.25, -0.2) is 4.39 Å². The van der Waals surface area contributed by atoms with Crippen molar-refractivity contribution in [3.8, 4) is 5.75 Å². The van der Waals surface area contributed by atoms with Gasteiger partial charge < -0.3 is 26.0 Å². The van der Waals surface area contributed by atoms with Gasteiger partial charge in [-0.05, 0) is 0 Å². The van der Waals surface area contributed by atoms with E-state index in [0.29, 0.717) is 0 Å². The van der Waals surface area contributed by atoms with Gasteiger partial charge in [-0.2, -0.15) is 8.78 Å². The molecule has 0 aliphatic rings. The number of ether oxygens (including phenoxy) is 1. The fourth-order valence-electron chi connectivity index (χ4n) is 1.20. The maximum Gasteiger partial charge on any atom is 0.387 e. The molecule has 18 heavy (non-hydrogen) atoms. The minimum Gasteiger partial charge on any atom is -0.432 e. The number of benzene rings is 1. The minimum atomic E-state index is -3.15. The van der Waals surface area contributed by atoms with Crippen LogP contribution in [0.15, 0.2) is 12.1 Å². The normalized spacial score (nSPS) is 12.6. The van der Waals surface area contributed by atoms with E-state index in [2.05, 4.69) is 10.1 Å². The molecule has 0 aliphatic carbocycles. The van der Waals surface area contributed by atoms with Crippen molar-refractivity contribution >= 4 is 11.4 Å². The van der Waals surface area contributed by atoms with Gasteiger partial charge in [0, 0.05) is 18.7 Å². The summed E-state index contributed by atoms with van der Waals surface area (Å²) in [4.78, 5) is 0. The molecule has 0 bridgehead atoms. The average Bonchev–Trinajstić information content (AvgIpc) is 2.30. The van der Waals surface area contributed by atoms with E-state index in [1.54, 1.807) is 0 Å². The number of halogens is 3. The number of hydrogen-bond acceptors (Lipinski definition) is 5. The number of rotatable bonds is 6. The number of alkyl halides is 2. The van der Waals surface area contributed by atoms with Crippen LogP contribution in [0.5, 0.6) is 5.75 Å². The van der Waals surface area contributed by atoms with E-state index in [-0.39, 0.29) is 17.9 Å². The Morgan fingerprint density at radius 2 is 2.06 bits per heavy atom. The summed E-state index contributed by atoms with van der Waals surface area (Å²) in [7, 11) is 0. The van der Waals surface area contributed by atoms with Crippen molar-refractivity contribution in [2.75, 3.05) is 24.2 Å². The molecule has 5 N–H and O–H groups in total. The van der Waals surface area contributed by atoms with Gasteiger partial charge in [0.25, 0.3) is 0 Å². The van der Waals surface area contributed by atoms with E-state index in [1.807, 2.05) is 0 Å². The molecule has 0 aromatic heterocycles. The number of nitrogens with two attached hydrogens (primary N) is 1. The van der Waals surface area contributed by atoms with Crippen LogP contribution in [0.25, 0.3) is 0 Å². The van der Waals surface area contributed by atoms with Gasteiger partial charge in [-0.15, -0.1) is 0 Å². The first-order valence-electron chi connectivity index (χ1n) is 5.00. The molecule has 0 heterocycles. The third kappa shape index (κ3) is 3.97. The second-order valence-electron chi connectivity index (χ2n) is 3.47. The molecule has 1 aromatic rings. The summed E-state index contributed by atoms with van der Waals surface area (Å²) in [6.45, 7) is -3.70. The molecule has 5 nitrogen and oxygen atoms in total. The van der Waals surface area contributed by atoms with Crippen LogP contribution in [0.1, 0.15) is 0 Å². The van der Waals surface area contributed by atoms with Crippen LogP contribution in [0.4, 0.5) is 24.5 Å². The maximum absolute atomic E-state index is 13.2. The summed E-state index contributed by atoms with van der Waals surface area (Å²) in [5.74, 6) is -1.67. The first-order chi connectivity index (χ1) is 8.43. The lowest BCUT2D eigenvalue weighted by molar-refractivity contribution is -0.0521. The number of aliphatic hydroxyl groups is 2. The van der Waals surface area contributed by atoms with Crippen molar-refractivity contribution in [2.45, 2.75) is 12.7 Å². The predicted molar refractivity (Wildman–Crippen MR) is 59.0 cm³/mol. The van der Waals surface area contributed by atoms with Gasteiger partial charge in [0.1, 0.15) is 0 Å². The van der Waals surface area contributed by atoms with Crippen LogP contribution in [0.3, 0.4) is 0 Å². The highest BCUT2D eigenvalue weighted by Crippen LogP contribution is 2.29. The largest absolute Gasteiger partial charge is 0.432 e.